The molecule has 2 rings (SSSR count). The lowest BCUT2D eigenvalue weighted by Gasteiger charge is -2.25. The molecular formula is C14H19FN2O3S. The van der Waals surface area contributed by atoms with E-state index in [1.807, 2.05) is 0 Å². The van der Waals surface area contributed by atoms with Crippen molar-refractivity contribution in [3.8, 4) is 0 Å². The highest BCUT2D eigenvalue weighted by Gasteiger charge is 2.20. The molecule has 0 unspecified atom stereocenters. The Morgan fingerprint density at radius 2 is 1.62 bits per heavy atom. The summed E-state index contributed by atoms with van der Waals surface area (Å²) in [4.78, 5) is 13.7. The predicted molar refractivity (Wildman–Crippen MR) is 76.8 cm³/mol. The van der Waals surface area contributed by atoms with Crippen LogP contribution in [0.1, 0.15) is 42.5 Å². The molecule has 1 aliphatic rings. The van der Waals surface area contributed by atoms with E-state index in [0.717, 1.165) is 50.3 Å². The smallest absolute Gasteiger partial charge is 0.253 e. The molecule has 0 bridgehead atoms. The number of halogens is 1. The molecule has 1 aromatic carbocycles. The Hall–Kier alpha value is -1.47. The Morgan fingerprint density at radius 1 is 1.05 bits per heavy atom. The molecule has 7 heteroatoms. The average Bonchev–Trinajstić information content (AvgIpc) is 2.36. The number of rotatable bonds is 2. The summed E-state index contributed by atoms with van der Waals surface area (Å²) in [6.45, 7) is 1.22. The zero-order valence-corrected chi connectivity index (χ0v) is 12.5. The lowest BCUT2D eigenvalue weighted by molar-refractivity contribution is 0.0741. The molecule has 1 heterocycles. The van der Waals surface area contributed by atoms with E-state index in [-0.39, 0.29) is 16.4 Å². The van der Waals surface area contributed by atoms with Gasteiger partial charge in [-0.25, -0.2) is 17.9 Å². The quantitative estimate of drug-likeness (QED) is 0.905. The van der Waals surface area contributed by atoms with Gasteiger partial charge in [-0.15, -0.1) is 0 Å². The minimum absolute atomic E-state index is 0.0274. The molecule has 5 nitrogen and oxygen atoms in total. The third-order valence-corrected chi connectivity index (χ3v) is 4.48. The van der Waals surface area contributed by atoms with Gasteiger partial charge in [0.15, 0.2) is 0 Å². The second-order valence-electron chi connectivity index (χ2n) is 5.28. The van der Waals surface area contributed by atoms with Crippen LogP contribution in [0, 0.1) is 5.82 Å². The van der Waals surface area contributed by atoms with E-state index >= 15 is 0 Å². The van der Waals surface area contributed by atoms with Crippen molar-refractivity contribution in [1.29, 1.82) is 0 Å². The summed E-state index contributed by atoms with van der Waals surface area (Å²) in [7, 11) is -4.04. The first-order chi connectivity index (χ1) is 9.88. The molecular weight excluding hydrogens is 295 g/mol. The SMILES string of the molecule is NS(=O)(=O)c1cc(F)cc(C(=O)N2CCCCCCC2)c1. The van der Waals surface area contributed by atoms with Gasteiger partial charge in [-0.3, -0.25) is 4.79 Å². The number of hydrogen-bond acceptors (Lipinski definition) is 3. The van der Waals surface area contributed by atoms with Gasteiger partial charge < -0.3 is 4.90 Å². The zero-order chi connectivity index (χ0) is 15.5. The number of carbonyl (C=O) groups excluding carboxylic acids is 1. The molecule has 0 radical (unpaired) electrons. The maximum absolute atomic E-state index is 13.5. The van der Waals surface area contributed by atoms with E-state index < -0.39 is 15.8 Å². The average molecular weight is 314 g/mol. The van der Waals surface area contributed by atoms with Crippen LogP contribution in [0.4, 0.5) is 4.39 Å². The fourth-order valence-corrected chi connectivity index (χ4v) is 3.05. The molecule has 0 atom stereocenters. The fraction of sp³-hybridized carbons (Fsp3) is 0.500. The van der Waals surface area contributed by atoms with E-state index in [2.05, 4.69) is 0 Å². The van der Waals surface area contributed by atoms with Crippen LogP contribution in [0.25, 0.3) is 0 Å². The van der Waals surface area contributed by atoms with Gasteiger partial charge in [0.1, 0.15) is 5.82 Å². The van der Waals surface area contributed by atoms with Crippen LogP contribution in [0.5, 0.6) is 0 Å². The maximum atomic E-state index is 13.5. The van der Waals surface area contributed by atoms with E-state index in [4.69, 9.17) is 5.14 Å². The first kappa shape index (κ1) is 15.9. The monoisotopic (exact) mass is 314 g/mol. The van der Waals surface area contributed by atoms with Crippen LogP contribution in [-0.2, 0) is 10.0 Å². The van der Waals surface area contributed by atoms with Crippen molar-refractivity contribution in [2.24, 2.45) is 5.14 Å². The number of nitrogens with two attached hydrogens (primary N) is 1. The summed E-state index contributed by atoms with van der Waals surface area (Å²) in [6.07, 6.45) is 5.11. The molecule has 0 spiro atoms. The number of sulfonamides is 1. The molecule has 1 aromatic rings. The molecule has 1 aliphatic heterocycles. The predicted octanol–water partition coefficient (Wildman–Crippen LogP) is 1.88. The van der Waals surface area contributed by atoms with Crippen LogP contribution in [0.3, 0.4) is 0 Å². The van der Waals surface area contributed by atoms with Crippen molar-refractivity contribution in [3.63, 3.8) is 0 Å². The van der Waals surface area contributed by atoms with Crippen LogP contribution in [0.15, 0.2) is 23.1 Å². The van der Waals surface area contributed by atoms with Crippen molar-refractivity contribution in [2.45, 2.75) is 37.0 Å². The van der Waals surface area contributed by atoms with Gasteiger partial charge in [0.05, 0.1) is 4.90 Å². The molecule has 0 saturated carbocycles. The summed E-state index contributed by atoms with van der Waals surface area (Å²) in [5.74, 6) is -1.13. The first-order valence-electron chi connectivity index (χ1n) is 7.00. The van der Waals surface area contributed by atoms with Gasteiger partial charge in [0, 0.05) is 18.7 Å². The Bertz CT molecular complexity index is 623. The van der Waals surface area contributed by atoms with Gasteiger partial charge in [0.25, 0.3) is 5.91 Å². The highest BCUT2D eigenvalue weighted by molar-refractivity contribution is 7.89. The lowest BCUT2D eigenvalue weighted by Crippen LogP contribution is -2.34. The Kier molecular flexibility index (Phi) is 4.95. The standard InChI is InChI=1S/C14H19FN2O3S/c15-12-8-11(9-13(10-12)21(16,19)20)14(18)17-6-4-2-1-3-5-7-17/h8-10H,1-7H2,(H2,16,19,20). The molecule has 0 aromatic heterocycles. The van der Waals surface area contributed by atoms with Crippen molar-refractivity contribution >= 4 is 15.9 Å². The van der Waals surface area contributed by atoms with Crippen molar-refractivity contribution in [3.05, 3.63) is 29.6 Å². The van der Waals surface area contributed by atoms with Crippen molar-refractivity contribution in [2.75, 3.05) is 13.1 Å². The third-order valence-electron chi connectivity index (χ3n) is 3.59. The number of benzene rings is 1. The second kappa shape index (κ2) is 6.53. The van der Waals surface area contributed by atoms with Crippen molar-refractivity contribution < 1.29 is 17.6 Å². The molecule has 1 fully saturated rings. The Balaban J connectivity index is 2.27. The van der Waals surface area contributed by atoms with E-state index in [9.17, 15) is 17.6 Å². The summed E-state index contributed by atoms with van der Waals surface area (Å²) in [5, 5.41) is 5.00. The topological polar surface area (TPSA) is 80.5 Å². The van der Waals surface area contributed by atoms with Gasteiger partial charge in [-0.2, -0.15) is 0 Å². The van der Waals surface area contributed by atoms with Crippen molar-refractivity contribution in [1.82, 2.24) is 4.90 Å². The normalized spacial score (nSPS) is 17.1. The molecule has 116 valence electrons. The van der Waals surface area contributed by atoms with Gasteiger partial charge >= 0.3 is 0 Å². The summed E-state index contributed by atoms with van der Waals surface area (Å²) < 4.78 is 36.2. The van der Waals surface area contributed by atoms with Gasteiger partial charge in [-0.05, 0) is 31.0 Å². The van der Waals surface area contributed by atoms with Crippen LogP contribution in [-0.4, -0.2) is 32.3 Å². The highest BCUT2D eigenvalue weighted by Crippen LogP contribution is 2.17. The zero-order valence-electron chi connectivity index (χ0n) is 11.7. The van der Waals surface area contributed by atoms with Crippen LogP contribution < -0.4 is 5.14 Å². The third kappa shape index (κ3) is 4.25. The number of amides is 1. The molecule has 1 amide bonds. The minimum Gasteiger partial charge on any atom is -0.339 e. The first-order valence-corrected chi connectivity index (χ1v) is 8.55. The minimum atomic E-state index is -4.04. The van der Waals surface area contributed by atoms with Crippen LogP contribution >= 0.6 is 0 Å². The summed E-state index contributed by atoms with van der Waals surface area (Å²) in [6, 6.07) is 3.01. The summed E-state index contributed by atoms with van der Waals surface area (Å²) in [5.41, 5.74) is 0.0274. The van der Waals surface area contributed by atoms with Gasteiger partial charge in [-0.1, -0.05) is 19.3 Å². The van der Waals surface area contributed by atoms with E-state index in [0.29, 0.717) is 13.1 Å². The largest absolute Gasteiger partial charge is 0.339 e. The molecule has 21 heavy (non-hydrogen) atoms. The lowest BCUT2D eigenvalue weighted by atomic mass is 10.1. The fourth-order valence-electron chi connectivity index (χ4n) is 2.48. The highest BCUT2D eigenvalue weighted by atomic mass is 32.2. The molecule has 1 saturated heterocycles. The number of primary sulfonamides is 1. The van der Waals surface area contributed by atoms with Crippen LogP contribution in [0.2, 0.25) is 0 Å². The number of carbonyl (C=O) groups is 1. The molecule has 2 N–H and O–H groups in total. The van der Waals surface area contributed by atoms with Gasteiger partial charge in [0.2, 0.25) is 10.0 Å². The number of nitrogens with zero attached hydrogens (tertiary/aromatic N) is 1. The number of likely N-dealkylation sites (tertiary alicyclic amines) is 1. The summed E-state index contributed by atoms with van der Waals surface area (Å²) >= 11 is 0. The van der Waals surface area contributed by atoms with E-state index in [1.54, 1.807) is 4.90 Å². The Morgan fingerprint density at radius 3 is 2.19 bits per heavy atom. The second-order valence-corrected chi connectivity index (χ2v) is 6.84. The van der Waals surface area contributed by atoms with E-state index in [1.165, 1.54) is 0 Å². The molecule has 0 aliphatic carbocycles. The maximum Gasteiger partial charge on any atom is 0.253 e. The number of hydrogen-bond donors (Lipinski definition) is 1. The Labute approximate surface area is 124 Å².